The van der Waals surface area contributed by atoms with Gasteiger partial charge < -0.3 is 5.32 Å². The fourth-order valence-electron chi connectivity index (χ4n) is 2.57. The van der Waals surface area contributed by atoms with Gasteiger partial charge in [0.25, 0.3) is 0 Å². The zero-order valence-corrected chi connectivity index (χ0v) is 8.14. The number of hydrogen-bond acceptors (Lipinski definition) is 1. The molecule has 68 valence electrons. The third kappa shape index (κ3) is 1.04. The van der Waals surface area contributed by atoms with Gasteiger partial charge in [0.05, 0.1) is 0 Å². The molecule has 2 fully saturated rings. The molecule has 1 aromatic carbocycles. The van der Waals surface area contributed by atoms with Gasteiger partial charge in [-0.3, -0.25) is 0 Å². The lowest BCUT2D eigenvalue weighted by atomic mass is 9.95. The molecule has 1 aliphatic carbocycles. The Morgan fingerprint density at radius 3 is 2.62 bits per heavy atom. The molecule has 0 spiro atoms. The van der Waals surface area contributed by atoms with E-state index in [1.165, 1.54) is 18.5 Å². The van der Waals surface area contributed by atoms with E-state index in [0.29, 0.717) is 5.41 Å². The van der Waals surface area contributed by atoms with Crippen LogP contribution >= 0.6 is 11.6 Å². The van der Waals surface area contributed by atoms with Crippen molar-refractivity contribution in [2.45, 2.75) is 11.8 Å². The third-order valence-electron chi connectivity index (χ3n) is 3.48. The minimum absolute atomic E-state index is 0.477. The van der Waals surface area contributed by atoms with E-state index in [9.17, 15) is 0 Å². The summed E-state index contributed by atoms with van der Waals surface area (Å²) >= 11 is 5.86. The zero-order chi connectivity index (χ0) is 8.89. The first kappa shape index (κ1) is 7.84. The molecule has 0 unspecified atom stereocenters. The number of piperidine rings is 1. The van der Waals surface area contributed by atoms with Crippen molar-refractivity contribution in [3.05, 3.63) is 34.9 Å². The monoisotopic (exact) mass is 193 g/mol. The summed E-state index contributed by atoms with van der Waals surface area (Å²) in [5.74, 6) is 0.883. The Hall–Kier alpha value is -0.530. The van der Waals surface area contributed by atoms with E-state index in [4.69, 9.17) is 11.6 Å². The Kier molecular flexibility index (Phi) is 1.50. The second kappa shape index (κ2) is 2.49. The molecular weight excluding hydrogens is 182 g/mol. The first-order valence-electron chi connectivity index (χ1n) is 4.78. The molecule has 2 atom stereocenters. The normalized spacial score (nSPS) is 35.9. The minimum Gasteiger partial charge on any atom is -0.316 e. The van der Waals surface area contributed by atoms with Crippen LogP contribution in [0.3, 0.4) is 0 Å². The van der Waals surface area contributed by atoms with Crippen molar-refractivity contribution in [3.8, 4) is 0 Å². The van der Waals surface area contributed by atoms with Crippen LogP contribution in [0.4, 0.5) is 0 Å². The van der Waals surface area contributed by atoms with Crippen LogP contribution < -0.4 is 5.32 Å². The van der Waals surface area contributed by atoms with Crippen molar-refractivity contribution in [1.29, 1.82) is 0 Å². The molecule has 3 rings (SSSR count). The average molecular weight is 194 g/mol. The molecular formula is C11H12ClN. The average Bonchev–Trinajstić information content (AvgIpc) is 2.71. The highest BCUT2D eigenvalue weighted by molar-refractivity contribution is 6.30. The quantitative estimate of drug-likeness (QED) is 0.721. The fourth-order valence-corrected chi connectivity index (χ4v) is 2.70. The summed E-state index contributed by atoms with van der Waals surface area (Å²) in [7, 11) is 0. The van der Waals surface area contributed by atoms with Gasteiger partial charge in [-0.25, -0.2) is 0 Å². The van der Waals surface area contributed by atoms with E-state index < -0.39 is 0 Å². The van der Waals surface area contributed by atoms with E-state index in [1.54, 1.807) is 0 Å². The van der Waals surface area contributed by atoms with Crippen molar-refractivity contribution in [2.75, 3.05) is 13.1 Å². The summed E-state index contributed by atoms with van der Waals surface area (Å²) in [5.41, 5.74) is 1.94. The maximum Gasteiger partial charge on any atom is 0.0406 e. The van der Waals surface area contributed by atoms with E-state index in [2.05, 4.69) is 17.4 Å². The molecule has 1 aromatic rings. The molecule has 1 saturated carbocycles. The first-order valence-corrected chi connectivity index (χ1v) is 5.16. The second-order valence-electron chi connectivity index (χ2n) is 4.19. The molecule has 1 heterocycles. The van der Waals surface area contributed by atoms with Crippen molar-refractivity contribution in [3.63, 3.8) is 0 Å². The van der Waals surface area contributed by atoms with Crippen molar-refractivity contribution >= 4 is 11.6 Å². The van der Waals surface area contributed by atoms with E-state index in [1.807, 2.05) is 12.1 Å². The molecule has 1 N–H and O–H groups in total. The molecule has 1 nitrogen and oxygen atoms in total. The summed E-state index contributed by atoms with van der Waals surface area (Å²) in [5, 5.41) is 4.28. The molecule has 0 aromatic heterocycles. The molecule has 2 aliphatic rings. The van der Waals surface area contributed by atoms with Crippen molar-refractivity contribution < 1.29 is 0 Å². The molecule has 13 heavy (non-hydrogen) atoms. The van der Waals surface area contributed by atoms with Crippen LogP contribution in [-0.4, -0.2) is 13.1 Å². The van der Waals surface area contributed by atoms with Gasteiger partial charge in [-0.15, -0.1) is 0 Å². The summed E-state index contributed by atoms with van der Waals surface area (Å²) in [4.78, 5) is 0. The second-order valence-corrected chi connectivity index (χ2v) is 4.63. The standard InChI is InChI=1S/C11H12ClN/c12-10-3-1-8(2-4-10)11-5-9(11)6-13-7-11/h1-4,9,13H,5-7H2/t9-,11+/m0/s1. The van der Waals surface area contributed by atoms with Gasteiger partial charge in [-0.05, 0) is 36.6 Å². The van der Waals surface area contributed by atoms with Gasteiger partial charge in [-0.2, -0.15) is 0 Å². The maximum atomic E-state index is 5.86. The topological polar surface area (TPSA) is 12.0 Å². The number of hydrogen-bond donors (Lipinski definition) is 1. The smallest absolute Gasteiger partial charge is 0.0406 e. The minimum atomic E-state index is 0.477. The van der Waals surface area contributed by atoms with Crippen LogP contribution in [0.5, 0.6) is 0 Å². The number of fused-ring (bicyclic) bond motifs is 1. The summed E-state index contributed by atoms with van der Waals surface area (Å²) in [6, 6.07) is 8.35. The number of rotatable bonds is 1. The van der Waals surface area contributed by atoms with E-state index in [0.717, 1.165) is 17.5 Å². The van der Waals surface area contributed by atoms with Crippen LogP contribution in [-0.2, 0) is 5.41 Å². The molecule has 1 aliphatic heterocycles. The molecule has 0 radical (unpaired) electrons. The highest BCUT2D eigenvalue weighted by Crippen LogP contribution is 2.56. The van der Waals surface area contributed by atoms with Gasteiger partial charge in [0, 0.05) is 17.0 Å². The lowest BCUT2D eigenvalue weighted by molar-refractivity contribution is 0.676. The maximum absolute atomic E-state index is 5.86. The van der Waals surface area contributed by atoms with Gasteiger partial charge in [0.2, 0.25) is 0 Å². The predicted molar refractivity (Wildman–Crippen MR) is 54.1 cm³/mol. The fraction of sp³-hybridized carbons (Fsp3) is 0.455. The van der Waals surface area contributed by atoms with Gasteiger partial charge in [-0.1, -0.05) is 23.7 Å². The summed E-state index contributed by atoms with van der Waals surface area (Å²) in [6.07, 6.45) is 1.36. The van der Waals surface area contributed by atoms with Crippen LogP contribution in [0.1, 0.15) is 12.0 Å². The van der Waals surface area contributed by atoms with Crippen LogP contribution in [0.15, 0.2) is 24.3 Å². The number of halogens is 1. The Bertz CT molecular complexity index is 332. The Labute approximate surface area is 83.1 Å². The Balaban J connectivity index is 1.97. The lowest BCUT2D eigenvalue weighted by Crippen LogP contribution is -2.18. The Morgan fingerprint density at radius 2 is 2.08 bits per heavy atom. The molecule has 0 bridgehead atoms. The zero-order valence-electron chi connectivity index (χ0n) is 7.39. The van der Waals surface area contributed by atoms with Crippen LogP contribution in [0, 0.1) is 5.92 Å². The third-order valence-corrected chi connectivity index (χ3v) is 3.73. The number of nitrogens with one attached hydrogen (secondary N) is 1. The molecule has 0 amide bonds. The first-order chi connectivity index (χ1) is 6.31. The summed E-state index contributed by atoms with van der Waals surface area (Å²) in [6.45, 7) is 2.35. The molecule has 2 heteroatoms. The Morgan fingerprint density at radius 1 is 1.31 bits per heavy atom. The van der Waals surface area contributed by atoms with E-state index >= 15 is 0 Å². The highest BCUT2D eigenvalue weighted by atomic mass is 35.5. The van der Waals surface area contributed by atoms with E-state index in [-0.39, 0.29) is 0 Å². The van der Waals surface area contributed by atoms with Gasteiger partial charge >= 0.3 is 0 Å². The largest absolute Gasteiger partial charge is 0.316 e. The predicted octanol–water partition coefficient (Wildman–Crippen LogP) is 2.20. The van der Waals surface area contributed by atoms with Gasteiger partial charge in [0.1, 0.15) is 0 Å². The highest BCUT2D eigenvalue weighted by Gasteiger charge is 2.57. The molecule has 1 saturated heterocycles. The SMILES string of the molecule is Clc1ccc([C@@]23CNC[C@@H]2C3)cc1. The van der Waals surface area contributed by atoms with Crippen molar-refractivity contribution in [1.82, 2.24) is 5.32 Å². The van der Waals surface area contributed by atoms with Crippen LogP contribution in [0.2, 0.25) is 5.02 Å². The van der Waals surface area contributed by atoms with Crippen LogP contribution in [0.25, 0.3) is 0 Å². The van der Waals surface area contributed by atoms with Gasteiger partial charge in [0.15, 0.2) is 0 Å². The summed E-state index contributed by atoms with van der Waals surface area (Å²) < 4.78 is 0. The number of benzene rings is 1. The lowest BCUT2D eigenvalue weighted by Gasteiger charge is -2.11. The van der Waals surface area contributed by atoms with Crippen molar-refractivity contribution in [2.24, 2.45) is 5.92 Å².